The summed E-state index contributed by atoms with van der Waals surface area (Å²) in [6.07, 6.45) is 0. The summed E-state index contributed by atoms with van der Waals surface area (Å²) < 4.78 is 33.1. The van der Waals surface area contributed by atoms with Crippen molar-refractivity contribution in [2.24, 2.45) is 0 Å². The molecule has 4 nitrogen and oxygen atoms in total. The third-order valence-electron chi connectivity index (χ3n) is 3.27. The molecule has 25 heavy (non-hydrogen) atoms. The Balaban J connectivity index is 1.78. The average molecular weight is 394 g/mol. The van der Waals surface area contributed by atoms with Crippen molar-refractivity contribution in [1.82, 2.24) is 0 Å². The van der Waals surface area contributed by atoms with Crippen molar-refractivity contribution < 1.29 is 13.2 Å². The lowest BCUT2D eigenvalue weighted by Gasteiger charge is -2.11. The quantitative estimate of drug-likeness (QED) is 0.614. The maximum absolute atomic E-state index is 12.5. The second-order valence-electron chi connectivity index (χ2n) is 5.12. The minimum atomic E-state index is -3.85. The molecule has 0 aromatic heterocycles. The van der Waals surface area contributed by atoms with Gasteiger partial charge >= 0.3 is 0 Å². The molecule has 0 radical (unpaired) electrons. The zero-order valence-corrected chi connectivity index (χ0v) is 15.1. The first-order valence-corrected chi connectivity index (χ1v) is 9.49. The Bertz CT molecular complexity index is 975. The highest BCUT2D eigenvalue weighted by Gasteiger charge is 2.18. The van der Waals surface area contributed by atoms with E-state index in [1.54, 1.807) is 24.3 Å². The first-order valence-electron chi connectivity index (χ1n) is 7.25. The second-order valence-corrected chi connectivity index (χ2v) is 7.61. The Labute approximate surface area is 156 Å². The van der Waals surface area contributed by atoms with Gasteiger partial charge in [0, 0.05) is 10.7 Å². The highest BCUT2D eigenvalue weighted by atomic mass is 35.5. The molecule has 0 spiro atoms. The third kappa shape index (κ3) is 4.45. The highest BCUT2D eigenvalue weighted by Crippen LogP contribution is 2.28. The van der Waals surface area contributed by atoms with Gasteiger partial charge in [-0.25, -0.2) is 8.42 Å². The fourth-order valence-electron chi connectivity index (χ4n) is 2.11. The largest absolute Gasteiger partial charge is 0.457 e. The van der Waals surface area contributed by atoms with E-state index in [1.807, 2.05) is 30.3 Å². The Morgan fingerprint density at radius 1 is 0.800 bits per heavy atom. The number of halogens is 2. The van der Waals surface area contributed by atoms with Gasteiger partial charge in [0.25, 0.3) is 10.0 Å². The molecule has 0 aliphatic rings. The van der Waals surface area contributed by atoms with E-state index in [1.165, 1.54) is 18.2 Å². The maximum atomic E-state index is 12.5. The van der Waals surface area contributed by atoms with Crippen molar-refractivity contribution in [1.29, 1.82) is 0 Å². The lowest BCUT2D eigenvalue weighted by atomic mass is 10.3. The second kappa shape index (κ2) is 7.35. The first kappa shape index (κ1) is 17.6. The SMILES string of the molecule is O=S(=O)(Nc1ccc(Oc2ccccc2)cc1)c1cc(Cl)ccc1Cl. The number of anilines is 1. The van der Waals surface area contributed by atoms with Crippen LogP contribution in [0.4, 0.5) is 5.69 Å². The molecule has 3 aromatic carbocycles. The Morgan fingerprint density at radius 2 is 1.44 bits per heavy atom. The monoisotopic (exact) mass is 393 g/mol. The van der Waals surface area contributed by atoms with Crippen molar-refractivity contribution in [3.63, 3.8) is 0 Å². The van der Waals surface area contributed by atoms with E-state index in [9.17, 15) is 8.42 Å². The lowest BCUT2D eigenvalue weighted by molar-refractivity contribution is 0.483. The molecule has 7 heteroatoms. The molecule has 0 bridgehead atoms. The Hall–Kier alpha value is -2.21. The number of rotatable bonds is 5. The average Bonchev–Trinajstić information content (AvgIpc) is 2.59. The van der Waals surface area contributed by atoms with E-state index >= 15 is 0 Å². The highest BCUT2D eigenvalue weighted by molar-refractivity contribution is 7.92. The summed E-state index contributed by atoms with van der Waals surface area (Å²) in [4.78, 5) is -0.0775. The number of hydrogen-bond donors (Lipinski definition) is 1. The lowest BCUT2D eigenvalue weighted by Crippen LogP contribution is -2.13. The maximum Gasteiger partial charge on any atom is 0.263 e. The topological polar surface area (TPSA) is 55.4 Å². The summed E-state index contributed by atoms with van der Waals surface area (Å²) in [5.41, 5.74) is 0.386. The summed E-state index contributed by atoms with van der Waals surface area (Å²) in [6, 6.07) is 20.1. The van der Waals surface area contributed by atoms with E-state index in [4.69, 9.17) is 27.9 Å². The van der Waals surface area contributed by atoms with Crippen LogP contribution in [-0.2, 0) is 10.0 Å². The van der Waals surface area contributed by atoms with E-state index in [0.29, 0.717) is 17.2 Å². The fraction of sp³-hybridized carbons (Fsp3) is 0. The Morgan fingerprint density at radius 3 is 2.12 bits per heavy atom. The van der Waals surface area contributed by atoms with Gasteiger partial charge in [-0.2, -0.15) is 0 Å². The van der Waals surface area contributed by atoms with Gasteiger partial charge in [-0.05, 0) is 54.6 Å². The van der Waals surface area contributed by atoms with Gasteiger partial charge < -0.3 is 4.74 Å². The molecular weight excluding hydrogens is 381 g/mol. The third-order valence-corrected chi connectivity index (χ3v) is 5.37. The summed E-state index contributed by atoms with van der Waals surface area (Å²) in [6.45, 7) is 0. The number of sulfonamides is 1. The van der Waals surface area contributed by atoms with E-state index < -0.39 is 10.0 Å². The molecule has 0 amide bonds. The minimum absolute atomic E-state index is 0.0775. The molecule has 0 fully saturated rings. The number of benzene rings is 3. The zero-order valence-electron chi connectivity index (χ0n) is 12.8. The molecule has 0 aliphatic heterocycles. The van der Waals surface area contributed by atoms with Crippen LogP contribution in [0.5, 0.6) is 11.5 Å². The molecule has 0 saturated heterocycles. The van der Waals surface area contributed by atoms with Gasteiger partial charge in [-0.15, -0.1) is 0 Å². The van der Waals surface area contributed by atoms with Gasteiger partial charge in [-0.1, -0.05) is 41.4 Å². The summed E-state index contributed by atoms with van der Waals surface area (Å²) in [7, 11) is -3.85. The van der Waals surface area contributed by atoms with Crippen LogP contribution in [0.3, 0.4) is 0 Å². The van der Waals surface area contributed by atoms with E-state index in [2.05, 4.69) is 4.72 Å². The number of nitrogens with one attached hydrogen (secondary N) is 1. The normalized spacial score (nSPS) is 11.1. The van der Waals surface area contributed by atoms with Crippen molar-refractivity contribution in [3.8, 4) is 11.5 Å². The van der Waals surface area contributed by atoms with Gasteiger partial charge in [0.2, 0.25) is 0 Å². The van der Waals surface area contributed by atoms with Gasteiger partial charge in [0.1, 0.15) is 16.4 Å². The van der Waals surface area contributed by atoms with Crippen LogP contribution in [0, 0.1) is 0 Å². The number of hydrogen-bond acceptors (Lipinski definition) is 3. The first-order chi connectivity index (χ1) is 11.9. The summed E-state index contributed by atoms with van der Waals surface area (Å²) >= 11 is 11.8. The van der Waals surface area contributed by atoms with Crippen LogP contribution in [0.15, 0.2) is 77.7 Å². The summed E-state index contributed by atoms with van der Waals surface area (Å²) in [5.74, 6) is 1.29. The van der Waals surface area contributed by atoms with E-state index in [-0.39, 0.29) is 14.9 Å². The number of ether oxygens (including phenoxy) is 1. The van der Waals surface area contributed by atoms with Crippen LogP contribution < -0.4 is 9.46 Å². The molecule has 0 heterocycles. The van der Waals surface area contributed by atoms with Crippen molar-refractivity contribution in [2.45, 2.75) is 4.90 Å². The zero-order chi connectivity index (χ0) is 17.9. The predicted molar refractivity (Wildman–Crippen MR) is 100 cm³/mol. The number of para-hydroxylation sites is 1. The van der Waals surface area contributed by atoms with Crippen molar-refractivity contribution >= 4 is 38.9 Å². The molecule has 0 atom stereocenters. The summed E-state index contributed by atoms with van der Waals surface area (Å²) in [5, 5.41) is 0.386. The molecule has 0 unspecified atom stereocenters. The van der Waals surface area contributed by atoms with Crippen LogP contribution in [-0.4, -0.2) is 8.42 Å². The molecule has 3 rings (SSSR count). The molecular formula is C18H13Cl2NO3S. The molecule has 0 saturated carbocycles. The van der Waals surface area contributed by atoms with Gasteiger partial charge in [0.05, 0.1) is 5.02 Å². The van der Waals surface area contributed by atoms with E-state index in [0.717, 1.165) is 0 Å². The van der Waals surface area contributed by atoms with Gasteiger partial charge in [0.15, 0.2) is 0 Å². The predicted octanol–water partition coefficient (Wildman–Crippen LogP) is 5.59. The van der Waals surface area contributed by atoms with Crippen molar-refractivity contribution in [3.05, 3.63) is 82.8 Å². The minimum Gasteiger partial charge on any atom is -0.457 e. The smallest absolute Gasteiger partial charge is 0.263 e. The van der Waals surface area contributed by atoms with Crippen LogP contribution in [0.2, 0.25) is 10.0 Å². The molecule has 1 N–H and O–H groups in total. The van der Waals surface area contributed by atoms with Crippen LogP contribution in [0.1, 0.15) is 0 Å². The standard InChI is InChI=1S/C18H13Cl2NO3S/c19-13-6-11-17(20)18(12-13)25(22,23)21-14-7-9-16(10-8-14)24-15-4-2-1-3-5-15/h1-12,21H. The Kier molecular flexibility index (Phi) is 5.18. The fourth-order valence-corrected chi connectivity index (χ4v) is 3.93. The van der Waals surface area contributed by atoms with Crippen molar-refractivity contribution in [2.75, 3.05) is 4.72 Å². The molecule has 3 aromatic rings. The van der Waals surface area contributed by atoms with Crippen LogP contribution >= 0.6 is 23.2 Å². The molecule has 128 valence electrons. The van der Waals surface area contributed by atoms with Crippen LogP contribution in [0.25, 0.3) is 0 Å². The molecule has 0 aliphatic carbocycles. The van der Waals surface area contributed by atoms with Gasteiger partial charge in [-0.3, -0.25) is 4.72 Å².